The van der Waals surface area contributed by atoms with Crippen molar-refractivity contribution in [3.63, 3.8) is 0 Å². The van der Waals surface area contributed by atoms with Gasteiger partial charge in [-0.3, -0.25) is 9.48 Å². The molecule has 1 aliphatic rings. The number of aromatic nitrogens is 3. The molecular weight excluding hydrogens is 340 g/mol. The predicted octanol–water partition coefficient (Wildman–Crippen LogP) is 3.46. The Morgan fingerprint density at radius 1 is 1.19 bits per heavy atom. The molecule has 0 saturated heterocycles. The van der Waals surface area contributed by atoms with E-state index < -0.39 is 0 Å². The van der Waals surface area contributed by atoms with Gasteiger partial charge in [-0.1, -0.05) is 35.5 Å². The van der Waals surface area contributed by atoms with Crippen molar-refractivity contribution in [2.24, 2.45) is 0 Å². The Labute approximate surface area is 158 Å². The van der Waals surface area contributed by atoms with Crippen molar-refractivity contribution in [2.45, 2.75) is 46.1 Å². The summed E-state index contributed by atoms with van der Waals surface area (Å²) in [5.41, 5.74) is 5.85. The Morgan fingerprint density at radius 3 is 2.78 bits per heavy atom. The zero-order valence-electron chi connectivity index (χ0n) is 15.8. The third kappa shape index (κ3) is 3.39. The van der Waals surface area contributed by atoms with E-state index in [1.54, 1.807) is 0 Å². The van der Waals surface area contributed by atoms with Crippen LogP contribution in [0.5, 0.6) is 0 Å². The fourth-order valence-corrected chi connectivity index (χ4v) is 3.86. The highest BCUT2D eigenvalue weighted by atomic mass is 16.5. The minimum atomic E-state index is -0.160. The average molecular weight is 364 g/mol. The van der Waals surface area contributed by atoms with E-state index in [4.69, 9.17) is 4.52 Å². The lowest BCUT2D eigenvalue weighted by atomic mass is 9.96. The summed E-state index contributed by atoms with van der Waals surface area (Å²) in [5.74, 6) is 0.712. The SMILES string of the molecule is Cc1nn(CCNC(=O)c2noc3c2CCCC3)c(C)c1-c1ccccc1. The molecule has 0 bridgehead atoms. The van der Waals surface area contributed by atoms with Crippen LogP contribution in [0.2, 0.25) is 0 Å². The first kappa shape index (κ1) is 17.5. The van der Waals surface area contributed by atoms with Gasteiger partial charge in [-0.25, -0.2) is 0 Å². The summed E-state index contributed by atoms with van der Waals surface area (Å²) >= 11 is 0. The molecule has 27 heavy (non-hydrogen) atoms. The number of hydrogen-bond donors (Lipinski definition) is 1. The largest absolute Gasteiger partial charge is 0.360 e. The van der Waals surface area contributed by atoms with E-state index in [9.17, 15) is 4.79 Å². The Kier molecular flexibility index (Phi) is 4.79. The summed E-state index contributed by atoms with van der Waals surface area (Å²) in [6.45, 7) is 5.20. The molecule has 1 aliphatic carbocycles. The first-order valence-electron chi connectivity index (χ1n) is 9.50. The summed E-state index contributed by atoms with van der Waals surface area (Å²) in [4.78, 5) is 12.5. The average Bonchev–Trinajstić information content (AvgIpc) is 3.23. The number of rotatable bonds is 5. The summed E-state index contributed by atoms with van der Waals surface area (Å²) in [6, 6.07) is 10.3. The zero-order chi connectivity index (χ0) is 18.8. The minimum absolute atomic E-state index is 0.160. The van der Waals surface area contributed by atoms with Crippen LogP contribution in [-0.4, -0.2) is 27.4 Å². The van der Waals surface area contributed by atoms with Gasteiger partial charge in [0.1, 0.15) is 5.76 Å². The highest BCUT2D eigenvalue weighted by molar-refractivity contribution is 5.93. The van der Waals surface area contributed by atoms with Gasteiger partial charge in [0.15, 0.2) is 5.69 Å². The molecule has 3 aromatic rings. The molecule has 0 fully saturated rings. The quantitative estimate of drug-likeness (QED) is 0.752. The van der Waals surface area contributed by atoms with E-state index >= 15 is 0 Å². The van der Waals surface area contributed by atoms with E-state index in [0.717, 1.165) is 59.5 Å². The molecule has 0 aliphatic heterocycles. The monoisotopic (exact) mass is 364 g/mol. The number of benzene rings is 1. The highest BCUT2D eigenvalue weighted by Crippen LogP contribution is 2.26. The summed E-state index contributed by atoms with van der Waals surface area (Å²) in [6.07, 6.45) is 3.94. The lowest BCUT2D eigenvalue weighted by Crippen LogP contribution is -2.29. The van der Waals surface area contributed by atoms with Crippen molar-refractivity contribution in [1.29, 1.82) is 0 Å². The van der Waals surface area contributed by atoms with Crippen LogP contribution in [0.25, 0.3) is 11.1 Å². The van der Waals surface area contributed by atoms with Crippen LogP contribution in [0.3, 0.4) is 0 Å². The van der Waals surface area contributed by atoms with Crippen molar-refractivity contribution >= 4 is 5.91 Å². The van der Waals surface area contributed by atoms with Crippen LogP contribution in [0.15, 0.2) is 34.9 Å². The molecule has 1 N–H and O–H groups in total. The number of fused-ring (bicyclic) bond motifs is 1. The molecule has 0 unspecified atom stereocenters. The van der Waals surface area contributed by atoms with E-state index in [-0.39, 0.29) is 5.91 Å². The van der Waals surface area contributed by atoms with Crippen molar-refractivity contribution in [2.75, 3.05) is 6.54 Å². The standard InChI is InChI=1S/C21H24N4O2/c1-14-19(16-8-4-3-5-9-16)15(2)25(23-14)13-12-22-21(26)20-17-10-6-7-11-18(17)27-24-20/h3-5,8-9H,6-7,10-13H2,1-2H3,(H,22,26). The third-order valence-corrected chi connectivity index (χ3v) is 5.22. The van der Waals surface area contributed by atoms with Crippen molar-refractivity contribution in [1.82, 2.24) is 20.3 Å². The van der Waals surface area contributed by atoms with Gasteiger partial charge in [-0.05, 0) is 38.7 Å². The molecular formula is C21H24N4O2. The van der Waals surface area contributed by atoms with Gasteiger partial charge in [-0.2, -0.15) is 5.10 Å². The minimum Gasteiger partial charge on any atom is -0.360 e. The lowest BCUT2D eigenvalue weighted by Gasteiger charge is -2.10. The van der Waals surface area contributed by atoms with E-state index in [1.807, 2.05) is 29.8 Å². The Hall–Kier alpha value is -2.89. The molecule has 2 aromatic heterocycles. The van der Waals surface area contributed by atoms with Crippen molar-refractivity contribution < 1.29 is 9.32 Å². The van der Waals surface area contributed by atoms with Crippen LogP contribution in [0.4, 0.5) is 0 Å². The van der Waals surface area contributed by atoms with Gasteiger partial charge >= 0.3 is 0 Å². The zero-order valence-corrected chi connectivity index (χ0v) is 15.8. The van der Waals surface area contributed by atoms with E-state index in [2.05, 4.69) is 34.6 Å². The summed E-state index contributed by atoms with van der Waals surface area (Å²) < 4.78 is 7.29. The Bertz CT molecular complexity index is 956. The van der Waals surface area contributed by atoms with Crippen LogP contribution in [0.1, 0.15) is 46.0 Å². The van der Waals surface area contributed by atoms with Gasteiger partial charge in [0, 0.05) is 29.8 Å². The molecule has 1 aromatic carbocycles. The molecule has 4 rings (SSSR count). The number of carbonyl (C=O) groups is 1. The Morgan fingerprint density at radius 2 is 1.96 bits per heavy atom. The second-order valence-corrected chi connectivity index (χ2v) is 7.03. The third-order valence-electron chi connectivity index (χ3n) is 5.22. The van der Waals surface area contributed by atoms with Crippen LogP contribution in [-0.2, 0) is 19.4 Å². The molecule has 2 heterocycles. The van der Waals surface area contributed by atoms with Gasteiger partial charge < -0.3 is 9.84 Å². The van der Waals surface area contributed by atoms with Gasteiger partial charge in [0.05, 0.1) is 12.2 Å². The maximum atomic E-state index is 12.5. The number of hydrogen-bond acceptors (Lipinski definition) is 4. The van der Waals surface area contributed by atoms with Crippen molar-refractivity contribution in [3.8, 4) is 11.1 Å². The van der Waals surface area contributed by atoms with Crippen molar-refractivity contribution in [3.05, 3.63) is 58.7 Å². The maximum Gasteiger partial charge on any atom is 0.273 e. The topological polar surface area (TPSA) is 73.0 Å². The predicted molar refractivity (Wildman–Crippen MR) is 103 cm³/mol. The lowest BCUT2D eigenvalue weighted by molar-refractivity contribution is 0.0942. The molecule has 0 radical (unpaired) electrons. The fourth-order valence-electron chi connectivity index (χ4n) is 3.86. The fraction of sp³-hybridized carbons (Fsp3) is 0.381. The number of aryl methyl sites for hydroxylation is 2. The Balaban J connectivity index is 1.43. The normalized spacial score (nSPS) is 13.4. The van der Waals surface area contributed by atoms with Gasteiger partial charge in [-0.15, -0.1) is 0 Å². The molecule has 0 spiro atoms. The molecule has 6 nitrogen and oxygen atoms in total. The van der Waals surface area contributed by atoms with E-state index in [1.165, 1.54) is 0 Å². The van der Waals surface area contributed by atoms with Gasteiger partial charge in [0.25, 0.3) is 5.91 Å². The second kappa shape index (κ2) is 7.39. The molecule has 140 valence electrons. The number of amides is 1. The summed E-state index contributed by atoms with van der Waals surface area (Å²) in [7, 11) is 0. The smallest absolute Gasteiger partial charge is 0.273 e. The molecule has 0 saturated carbocycles. The number of nitrogens with one attached hydrogen (secondary N) is 1. The van der Waals surface area contributed by atoms with Gasteiger partial charge in [0.2, 0.25) is 0 Å². The van der Waals surface area contributed by atoms with Crippen LogP contribution in [0, 0.1) is 13.8 Å². The number of nitrogens with zero attached hydrogens (tertiary/aromatic N) is 3. The number of carbonyl (C=O) groups excluding carboxylic acids is 1. The van der Waals surface area contributed by atoms with E-state index in [0.29, 0.717) is 18.8 Å². The first-order valence-corrected chi connectivity index (χ1v) is 9.50. The van der Waals surface area contributed by atoms with Crippen LogP contribution < -0.4 is 5.32 Å². The summed E-state index contributed by atoms with van der Waals surface area (Å²) in [5, 5.41) is 11.6. The second-order valence-electron chi connectivity index (χ2n) is 7.03. The molecule has 0 atom stereocenters. The first-order chi connectivity index (χ1) is 13.1. The van der Waals surface area contributed by atoms with Crippen LogP contribution >= 0.6 is 0 Å². The maximum absolute atomic E-state index is 12.5. The highest BCUT2D eigenvalue weighted by Gasteiger charge is 2.23. The molecule has 1 amide bonds. The molecule has 6 heteroatoms.